The number of hydrogen-bond acceptors (Lipinski definition) is 6. The van der Waals surface area contributed by atoms with Gasteiger partial charge in [0.05, 0.1) is 11.5 Å². The Morgan fingerprint density at radius 1 is 1.13 bits per heavy atom. The summed E-state index contributed by atoms with van der Waals surface area (Å²) in [6.45, 7) is 5.30. The van der Waals surface area contributed by atoms with Crippen molar-refractivity contribution >= 4 is 34.6 Å². The molecule has 0 saturated carbocycles. The van der Waals surface area contributed by atoms with Gasteiger partial charge in [-0.15, -0.1) is 0 Å². The van der Waals surface area contributed by atoms with E-state index in [1.807, 2.05) is 6.92 Å². The topological polar surface area (TPSA) is 65.4 Å². The van der Waals surface area contributed by atoms with Crippen LogP contribution in [0.2, 0.25) is 0 Å². The highest BCUT2D eigenvalue weighted by Crippen LogP contribution is 2.33. The molecule has 8 heteroatoms. The zero-order valence-corrected chi connectivity index (χ0v) is 17.4. The first-order valence-corrected chi connectivity index (χ1v) is 10.6. The SMILES string of the molecule is CCOc1cc(C=C2SC(N3CCN(c4ccc(F)cc4)CC3)=NC2=O)ccc1O. The van der Waals surface area contributed by atoms with Crippen LogP contribution in [0.1, 0.15) is 12.5 Å². The van der Waals surface area contributed by atoms with Crippen LogP contribution in [0.15, 0.2) is 52.4 Å². The number of ether oxygens (including phenoxy) is 1. The number of carbonyl (C=O) groups excluding carboxylic acids is 1. The number of halogens is 1. The van der Waals surface area contributed by atoms with Crippen molar-refractivity contribution in [2.24, 2.45) is 4.99 Å². The zero-order valence-electron chi connectivity index (χ0n) is 16.5. The Morgan fingerprint density at radius 2 is 1.83 bits per heavy atom. The normalized spacial score (nSPS) is 18.1. The Hall–Kier alpha value is -3.00. The summed E-state index contributed by atoms with van der Waals surface area (Å²) in [5, 5.41) is 10.5. The first-order chi connectivity index (χ1) is 14.5. The van der Waals surface area contributed by atoms with Crippen LogP contribution in [-0.2, 0) is 4.79 Å². The molecule has 2 aliphatic heterocycles. The molecule has 0 unspecified atom stereocenters. The molecule has 6 nitrogen and oxygen atoms in total. The average molecular weight is 428 g/mol. The third-order valence-corrected chi connectivity index (χ3v) is 5.98. The van der Waals surface area contributed by atoms with Crippen molar-refractivity contribution in [3.05, 3.63) is 58.8 Å². The number of rotatable bonds is 4. The maximum atomic E-state index is 13.1. The number of carbonyl (C=O) groups is 1. The second-order valence-electron chi connectivity index (χ2n) is 6.92. The van der Waals surface area contributed by atoms with E-state index in [0.717, 1.165) is 37.4 Å². The number of phenolic OH excluding ortho intramolecular Hbond substituents is 1. The van der Waals surface area contributed by atoms with E-state index in [4.69, 9.17) is 4.74 Å². The van der Waals surface area contributed by atoms with Crippen LogP contribution < -0.4 is 9.64 Å². The Morgan fingerprint density at radius 3 is 2.53 bits per heavy atom. The molecule has 1 fully saturated rings. The second-order valence-corrected chi connectivity index (χ2v) is 7.93. The van der Waals surface area contributed by atoms with Gasteiger partial charge in [-0.25, -0.2) is 4.39 Å². The van der Waals surface area contributed by atoms with E-state index in [1.165, 1.54) is 23.9 Å². The summed E-state index contributed by atoms with van der Waals surface area (Å²) in [5.74, 6) is -0.0448. The van der Waals surface area contributed by atoms with Gasteiger partial charge in [-0.2, -0.15) is 4.99 Å². The van der Waals surface area contributed by atoms with Gasteiger partial charge in [0.2, 0.25) is 0 Å². The van der Waals surface area contributed by atoms with Crippen LogP contribution in [0.5, 0.6) is 11.5 Å². The lowest BCUT2D eigenvalue weighted by atomic mass is 10.2. The summed E-state index contributed by atoms with van der Waals surface area (Å²) in [6, 6.07) is 11.5. The van der Waals surface area contributed by atoms with Crippen LogP contribution in [-0.4, -0.2) is 53.9 Å². The van der Waals surface area contributed by atoms with Crippen LogP contribution >= 0.6 is 11.8 Å². The van der Waals surface area contributed by atoms with Crippen molar-refractivity contribution in [1.82, 2.24) is 4.90 Å². The molecule has 2 aliphatic rings. The third kappa shape index (κ3) is 4.43. The maximum Gasteiger partial charge on any atom is 0.286 e. The maximum absolute atomic E-state index is 13.1. The molecule has 0 bridgehead atoms. The predicted molar refractivity (Wildman–Crippen MR) is 117 cm³/mol. The molecule has 2 aromatic rings. The highest BCUT2D eigenvalue weighted by atomic mass is 32.2. The molecule has 0 aromatic heterocycles. The van der Waals surface area contributed by atoms with Gasteiger partial charge in [-0.3, -0.25) is 4.79 Å². The molecule has 2 heterocycles. The van der Waals surface area contributed by atoms with E-state index in [-0.39, 0.29) is 17.5 Å². The standard InChI is InChI=1S/C22H22FN3O3S/c1-2-29-19-13-15(3-8-18(19)27)14-20-21(28)24-22(30-20)26-11-9-25(10-12-26)17-6-4-16(23)5-7-17/h3-8,13-14,27H,2,9-12H2,1H3. The molecule has 0 radical (unpaired) electrons. The number of thioether (sulfide) groups is 1. The number of benzene rings is 2. The summed E-state index contributed by atoms with van der Waals surface area (Å²) < 4.78 is 18.5. The fraction of sp³-hybridized carbons (Fsp3) is 0.273. The number of amidine groups is 1. The van der Waals surface area contributed by atoms with Crippen molar-refractivity contribution in [3.63, 3.8) is 0 Å². The van der Waals surface area contributed by atoms with E-state index in [0.29, 0.717) is 22.4 Å². The molecule has 2 aromatic carbocycles. The van der Waals surface area contributed by atoms with Gasteiger partial charge < -0.3 is 19.6 Å². The number of phenols is 1. The van der Waals surface area contributed by atoms with Gasteiger partial charge in [0.25, 0.3) is 5.91 Å². The Kier molecular flexibility index (Phi) is 5.94. The van der Waals surface area contributed by atoms with Crippen molar-refractivity contribution in [3.8, 4) is 11.5 Å². The molecule has 156 valence electrons. The smallest absolute Gasteiger partial charge is 0.286 e. The highest BCUT2D eigenvalue weighted by molar-refractivity contribution is 8.18. The number of amides is 1. The molecular weight excluding hydrogens is 405 g/mol. The van der Waals surface area contributed by atoms with Crippen LogP contribution in [0.3, 0.4) is 0 Å². The van der Waals surface area contributed by atoms with Gasteiger partial charge in [-0.1, -0.05) is 6.07 Å². The Bertz CT molecular complexity index is 999. The average Bonchev–Trinajstić information content (AvgIpc) is 3.12. The molecule has 0 spiro atoms. The second kappa shape index (κ2) is 8.79. The summed E-state index contributed by atoms with van der Waals surface area (Å²) in [7, 11) is 0. The minimum absolute atomic E-state index is 0.0698. The summed E-state index contributed by atoms with van der Waals surface area (Å²) >= 11 is 1.36. The summed E-state index contributed by atoms with van der Waals surface area (Å²) in [5.41, 5.74) is 1.76. The minimum Gasteiger partial charge on any atom is -0.504 e. The van der Waals surface area contributed by atoms with Crippen LogP contribution in [0.25, 0.3) is 6.08 Å². The van der Waals surface area contributed by atoms with Gasteiger partial charge in [0.1, 0.15) is 5.82 Å². The molecule has 0 aliphatic carbocycles. The lowest BCUT2D eigenvalue weighted by molar-refractivity contribution is -0.113. The van der Waals surface area contributed by atoms with Gasteiger partial charge in [-0.05, 0) is 66.7 Å². The molecular formula is C22H22FN3O3S. The molecule has 4 rings (SSSR count). The molecule has 30 heavy (non-hydrogen) atoms. The minimum atomic E-state index is -0.262. The lowest BCUT2D eigenvalue weighted by Crippen LogP contribution is -2.47. The molecule has 0 atom stereocenters. The largest absolute Gasteiger partial charge is 0.504 e. The number of piperazine rings is 1. The summed E-state index contributed by atoms with van der Waals surface area (Å²) in [6.07, 6.45) is 1.76. The van der Waals surface area contributed by atoms with Crippen molar-refractivity contribution in [1.29, 1.82) is 0 Å². The molecule has 1 N–H and O–H groups in total. The Labute approximate surface area is 178 Å². The van der Waals surface area contributed by atoms with E-state index in [1.54, 1.807) is 36.4 Å². The zero-order chi connectivity index (χ0) is 21.1. The molecule has 1 saturated heterocycles. The number of aliphatic imine (C=N–C) groups is 1. The van der Waals surface area contributed by atoms with Gasteiger partial charge in [0, 0.05) is 31.9 Å². The van der Waals surface area contributed by atoms with Gasteiger partial charge >= 0.3 is 0 Å². The number of anilines is 1. The van der Waals surface area contributed by atoms with E-state index in [9.17, 15) is 14.3 Å². The van der Waals surface area contributed by atoms with E-state index in [2.05, 4.69) is 14.8 Å². The first kappa shape index (κ1) is 20.3. The monoisotopic (exact) mass is 427 g/mol. The quantitative estimate of drug-likeness (QED) is 0.751. The predicted octanol–water partition coefficient (Wildman–Crippen LogP) is 3.72. The van der Waals surface area contributed by atoms with Crippen LogP contribution in [0.4, 0.5) is 10.1 Å². The van der Waals surface area contributed by atoms with E-state index < -0.39 is 0 Å². The van der Waals surface area contributed by atoms with Gasteiger partial charge in [0.15, 0.2) is 16.7 Å². The molecule has 1 amide bonds. The fourth-order valence-corrected chi connectivity index (χ4v) is 4.35. The van der Waals surface area contributed by atoms with Crippen molar-refractivity contribution < 1.29 is 19.0 Å². The fourth-order valence-electron chi connectivity index (χ4n) is 3.38. The highest BCUT2D eigenvalue weighted by Gasteiger charge is 2.28. The number of aromatic hydroxyl groups is 1. The lowest BCUT2D eigenvalue weighted by Gasteiger charge is -2.36. The van der Waals surface area contributed by atoms with E-state index >= 15 is 0 Å². The van der Waals surface area contributed by atoms with Crippen molar-refractivity contribution in [2.45, 2.75) is 6.92 Å². The third-order valence-electron chi connectivity index (χ3n) is 4.93. The number of nitrogens with zero attached hydrogens (tertiary/aromatic N) is 3. The Balaban J connectivity index is 1.40. The van der Waals surface area contributed by atoms with Crippen molar-refractivity contribution in [2.75, 3.05) is 37.7 Å². The van der Waals surface area contributed by atoms with Crippen LogP contribution in [0, 0.1) is 5.82 Å². The first-order valence-electron chi connectivity index (χ1n) is 9.77. The number of hydrogen-bond donors (Lipinski definition) is 1. The summed E-state index contributed by atoms with van der Waals surface area (Å²) in [4.78, 5) is 21.5.